The number of esters is 2. The van der Waals surface area contributed by atoms with Gasteiger partial charge in [0.15, 0.2) is 18.7 Å². The van der Waals surface area contributed by atoms with E-state index in [2.05, 4.69) is 38.2 Å². The van der Waals surface area contributed by atoms with Gasteiger partial charge in [-0.05, 0) is 44.9 Å². The number of allylic oxidation sites excluding steroid dienone is 4. The minimum absolute atomic E-state index is 0.161. The molecule has 0 radical (unpaired) electrons. The van der Waals surface area contributed by atoms with E-state index in [-0.39, 0.29) is 26.1 Å². The predicted octanol–water partition coefficient (Wildman–Crippen LogP) is 9.50. The summed E-state index contributed by atoms with van der Waals surface area (Å²) < 4.78 is 33.6. The van der Waals surface area contributed by atoms with Crippen molar-refractivity contribution in [2.75, 3.05) is 26.4 Å². The summed E-state index contributed by atoms with van der Waals surface area (Å²) >= 11 is 0. The number of carbonyl (C=O) groups excluding carboxylic acids is 2. The Morgan fingerprint density at radius 2 is 0.819 bits per heavy atom. The Kier molecular flexibility index (Phi) is 40.5. The summed E-state index contributed by atoms with van der Waals surface area (Å²) in [7, 11) is 0. The normalized spacial score (nSPS) is 25.1. The molecule has 0 bridgehead atoms. The summed E-state index contributed by atoms with van der Waals surface area (Å²) in [5.41, 5.74) is 0. The highest BCUT2D eigenvalue weighted by Gasteiger charge is 2.47. The van der Waals surface area contributed by atoms with Crippen molar-refractivity contribution in [2.45, 2.75) is 300 Å². The molecule has 2 fully saturated rings. The molecule has 2 aliphatic rings. The maximum Gasteiger partial charge on any atom is 0.306 e. The van der Waals surface area contributed by atoms with Gasteiger partial charge in [0.25, 0.3) is 0 Å². The van der Waals surface area contributed by atoms with Gasteiger partial charge in [0, 0.05) is 12.8 Å². The van der Waals surface area contributed by atoms with E-state index in [4.69, 9.17) is 28.4 Å². The molecule has 0 aromatic carbocycles. The SMILES string of the molecule is CCCCCCCCCCCCCCCC/C=C/CC/C=C/CCCC(=O)OC[C@@H](CO[C@@H]1O[C@H](CO[C@@H]2O[C@H](CO)[C@H](O)C(O)C2O)[C@H](O)C(O)C1O)OC(=O)CCCCCCCCCCCCCCC. The Bertz CT molecular complexity index is 1350. The Morgan fingerprint density at radius 3 is 1.31 bits per heavy atom. The van der Waals surface area contributed by atoms with Crippen LogP contribution in [0.2, 0.25) is 0 Å². The number of carbonyl (C=O) groups is 2. The summed E-state index contributed by atoms with van der Waals surface area (Å²) in [5, 5.41) is 72.2. The molecule has 2 aliphatic heterocycles. The molecule has 0 aromatic rings. The van der Waals surface area contributed by atoms with Crippen molar-refractivity contribution in [3.05, 3.63) is 24.3 Å². The van der Waals surface area contributed by atoms with Crippen LogP contribution in [0.4, 0.5) is 0 Å². The zero-order valence-corrected chi connectivity index (χ0v) is 44.9. The third-order valence-electron chi connectivity index (χ3n) is 13.9. The zero-order chi connectivity index (χ0) is 52.4. The number of unbranched alkanes of at least 4 members (excludes halogenated alkanes) is 28. The summed E-state index contributed by atoms with van der Waals surface area (Å²) in [5.74, 6) is -0.964. The molecule has 2 heterocycles. The topological polar surface area (TPSA) is 231 Å². The fraction of sp³-hybridized carbons (Fsp3) is 0.895. The molecule has 0 aromatic heterocycles. The standard InChI is InChI=1S/C57H104O15/c1-3-5-7-9-11-13-15-17-18-19-20-21-22-23-24-25-26-28-29-31-33-35-37-39-48(59)67-42-45(70-49(60)40-38-36-34-32-30-27-16-14-12-10-8-6-4-2)43-68-56-55(66)53(64)51(62)47(72-56)44-69-57-54(65)52(63)50(61)46(41-58)71-57/h25-26,31,33,45-47,50-58,61-66H,3-24,27-30,32,34-44H2,1-2H3/b26-25+,33-31+/t45-,46+,47+,50-,51-,52?,53?,54?,55?,56+,57+/m0/s1. The van der Waals surface area contributed by atoms with Gasteiger partial charge in [0.05, 0.1) is 19.8 Å². The molecule has 7 N–H and O–H groups in total. The van der Waals surface area contributed by atoms with E-state index in [0.717, 1.165) is 38.5 Å². The number of hydrogen-bond acceptors (Lipinski definition) is 15. The van der Waals surface area contributed by atoms with E-state index < -0.39 is 92.7 Å². The van der Waals surface area contributed by atoms with E-state index in [1.54, 1.807) is 0 Å². The zero-order valence-electron chi connectivity index (χ0n) is 44.9. The lowest BCUT2D eigenvalue weighted by Crippen LogP contribution is -2.61. The van der Waals surface area contributed by atoms with Crippen molar-refractivity contribution in [3.8, 4) is 0 Å². The molecule has 72 heavy (non-hydrogen) atoms. The van der Waals surface area contributed by atoms with Crippen LogP contribution >= 0.6 is 0 Å². The average molecular weight is 1030 g/mol. The molecular formula is C57H104O15. The van der Waals surface area contributed by atoms with Crippen molar-refractivity contribution in [3.63, 3.8) is 0 Å². The number of hydrogen-bond donors (Lipinski definition) is 7. The first-order valence-electron chi connectivity index (χ1n) is 28.9. The smallest absolute Gasteiger partial charge is 0.306 e. The van der Waals surface area contributed by atoms with Gasteiger partial charge in [-0.25, -0.2) is 0 Å². The van der Waals surface area contributed by atoms with E-state index in [1.165, 1.54) is 148 Å². The van der Waals surface area contributed by atoms with Crippen molar-refractivity contribution in [1.82, 2.24) is 0 Å². The number of aliphatic hydroxyl groups excluding tert-OH is 7. The monoisotopic (exact) mass is 1030 g/mol. The Balaban J connectivity index is 1.74. The molecule has 422 valence electrons. The largest absolute Gasteiger partial charge is 0.462 e. The van der Waals surface area contributed by atoms with Gasteiger partial charge in [0.1, 0.15) is 55.4 Å². The molecule has 15 nitrogen and oxygen atoms in total. The highest BCUT2D eigenvalue weighted by Crippen LogP contribution is 2.27. The molecule has 0 aliphatic carbocycles. The van der Waals surface area contributed by atoms with Gasteiger partial charge in [-0.15, -0.1) is 0 Å². The second kappa shape index (κ2) is 44.1. The second-order valence-corrected chi connectivity index (χ2v) is 20.5. The third-order valence-corrected chi connectivity index (χ3v) is 13.9. The minimum atomic E-state index is -1.77. The molecule has 15 heteroatoms. The van der Waals surface area contributed by atoms with Crippen molar-refractivity contribution in [1.29, 1.82) is 0 Å². The van der Waals surface area contributed by atoms with E-state index >= 15 is 0 Å². The van der Waals surface area contributed by atoms with Gasteiger partial charge >= 0.3 is 11.9 Å². The number of ether oxygens (including phenoxy) is 6. The average Bonchev–Trinajstić information content (AvgIpc) is 3.37. The van der Waals surface area contributed by atoms with Crippen LogP contribution in [0.15, 0.2) is 24.3 Å². The minimum Gasteiger partial charge on any atom is -0.462 e. The van der Waals surface area contributed by atoms with Crippen molar-refractivity contribution < 1.29 is 73.8 Å². The van der Waals surface area contributed by atoms with Crippen LogP contribution < -0.4 is 0 Å². The first kappa shape index (κ1) is 66.1. The molecule has 0 amide bonds. The van der Waals surface area contributed by atoms with Crippen LogP contribution in [-0.2, 0) is 38.0 Å². The molecular weight excluding hydrogens is 925 g/mol. The maximum absolute atomic E-state index is 13.0. The van der Waals surface area contributed by atoms with Crippen LogP contribution in [-0.4, -0.2) is 142 Å². The van der Waals surface area contributed by atoms with Crippen LogP contribution in [0.1, 0.15) is 232 Å². The highest BCUT2D eigenvalue weighted by molar-refractivity contribution is 5.70. The molecule has 0 spiro atoms. The molecule has 0 saturated carbocycles. The van der Waals surface area contributed by atoms with Crippen LogP contribution in [0.5, 0.6) is 0 Å². The van der Waals surface area contributed by atoms with Crippen LogP contribution in [0.25, 0.3) is 0 Å². The second-order valence-electron chi connectivity index (χ2n) is 20.5. The Hall–Kier alpha value is -2.02. The van der Waals surface area contributed by atoms with E-state index in [9.17, 15) is 45.3 Å². The Labute approximate surface area is 434 Å². The summed E-state index contributed by atoms with van der Waals surface area (Å²) in [4.78, 5) is 25.8. The molecule has 2 saturated heterocycles. The first-order valence-corrected chi connectivity index (χ1v) is 28.9. The van der Waals surface area contributed by atoms with E-state index in [0.29, 0.717) is 19.3 Å². The lowest BCUT2D eigenvalue weighted by Gasteiger charge is -2.42. The van der Waals surface area contributed by atoms with Gasteiger partial charge in [-0.3, -0.25) is 9.59 Å². The van der Waals surface area contributed by atoms with Crippen molar-refractivity contribution >= 4 is 11.9 Å². The maximum atomic E-state index is 13.0. The van der Waals surface area contributed by atoms with Gasteiger partial charge in [0.2, 0.25) is 0 Å². The van der Waals surface area contributed by atoms with Crippen LogP contribution in [0.3, 0.4) is 0 Å². The predicted molar refractivity (Wildman–Crippen MR) is 280 cm³/mol. The highest BCUT2D eigenvalue weighted by atomic mass is 16.7. The molecule has 2 rings (SSSR count). The van der Waals surface area contributed by atoms with Crippen molar-refractivity contribution in [2.24, 2.45) is 0 Å². The van der Waals surface area contributed by atoms with E-state index in [1.807, 2.05) is 0 Å². The molecule has 4 unspecified atom stereocenters. The fourth-order valence-corrected chi connectivity index (χ4v) is 9.18. The molecule has 11 atom stereocenters. The summed E-state index contributed by atoms with van der Waals surface area (Å²) in [6, 6.07) is 0. The lowest BCUT2D eigenvalue weighted by molar-refractivity contribution is -0.332. The van der Waals surface area contributed by atoms with Gasteiger partial charge < -0.3 is 64.2 Å². The van der Waals surface area contributed by atoms with Crippen LogP contribution in [0, 0.1) is 0 Å². The fourth-order valence-electron chi connectivity index (χ4n) is 9.18. The summed E-state index contributed by atoms with van der Waals surface area (Å²) in [6.45, 7) is 2.59. The summed E-state index contributed by atoms with van der Waals surface area (Å²) in [6.07, 6.45) is 30.8. The first-order chi connectivity index (χ1) is 35.0. The van der Waals surface area contributed by atoms with Gasteiger partial charge in [-0.1, -0.05) is 199 Å². The third kappa shape index (κ3) is 31.1. The van der Waals surface area contributed by atoms with Gasteiger partial charge in [-0.2, -0.15) is 0 Å². The Morgan fingerprint density at radius 1 is 0.431 bits per heavy atom. The quantitative estimate of drug-likeness (QED) is 0.0171. The number of rotatable bonds is 46. The lowest BCUT2D eigenvalue weighted by atomic mass is 9.98. The number of aliphatic hydroxyl groups is 7.